The number of benzene rings is 1. The van der Waals surface area contributed by atoms with E-state index >= 15 is 0 Å². The normalized spacial score (nSPS) is 11.1. The predicted molar refractivity (Wildman–Crippen MR) is 86.7 cm³/mol. The number of nitrogens with one attached hydrogen (secondary N) is 1. The van der Waals surface area contributed by atoms with Crippen molar-refractivity contribution < 1.29 is 9.53 Å². The summed E-state index contributed by atoms with van der Waals surface area (Å²) >= 11 is 1.56. The second-order valence-corrected chi connectivity index (χ2v) is 5.20. The first-order valence-corrected chi connectivity index (χ1v) is 7.31. The molecular formula is C16H16N2O2S. The van der Waals surface area contributed by atoms with E-state index in [0.29, 0.717) is 6.42 Å². The minimum Gasteiger partial charge on any atom is -0.496 e. The van der Waals surface area contributed by atoms with E-state index in [-0.39, 0.29) is 5.91 Å². The van der Waals surface area contributed by atoms with E-state index in [1.165, 1.54) is 0 Å². The van der Waals surface area contributed by atoms with Gasteiger partial charge in [-0.25, -0.2) is 5.43 Å². The molecule has 2 aromatic rings. The lowest BCUT2D eigenvalue weighted by molar-refractivity contribution is -0.120. The lowest BCUT2D eigenvalue weighted by Gasteiger charge is -2.02. The molecule has 5 heteroatoms. The maximum absolute atomic E-state index is 11.6. The van der Waals surface area contributed by atoms with Crippen LogP contribution in [0, 0.1) is 0 Å². The third-order valence-electron chi connectivity index (χ3n) is 2.68. The Balaban J connectivity index is 1.82. The molecule has 1 heterocycles. The molecule has 1 aromatic heterocycles. The fraction of sp³-hybridized carbons (Fsp3) is 0.125. The number of para-hydroxylation sites is 1. The van der Waals surface area contributed by atoms with Crippen molar-refractivity contribution in [3.8, 4) is 5.75 Å². The largest absolute Gasteiger partial charge is 0.496 e. The topological polar surface area (TPSA) is 50.7 Å². The van der Waals surface area contributed by atoms with Crippen molar-refractivity contribution in [2.45, 2.75) is 6.42 Å². The molecule has 1 amide bonds. The molecule has 4 nitrogen and oxygen atoms in total. The summed E-state index contributed by atoms with van der Waals surface area (Å²) in [5.41, 5.74) is 3.45. The molecule has 0 atom stereocenters. The van der Waals surface area contributed by atoms with Crippen LogP contribution < -0.4 is 10.2 Å². The molecule has 0 saturated heterocycles. The fourth-order valence-electron chi connectivity index (χ4n) is 1.71. The van der Waals surface area contributed by atoms with Crippen LogP contribution in [-0.2, 0) is 11.2 Å². The van der Waals surface area contributed by atoms with Crippen molar-refractivity contribution in [1.29, 1.82) is 0 Å². The minimum absolute atomic E-state index is 0.126. The first kappa shape index (κ1) is 15.0. The van der Waals surface area contributed by atoms with Crippen LogP contribution in [0.5, 0.6) is 5.75 Å². The molecule has 0 aliphatic carbocycles. The Morgan fingerprint density at radius 1 is 1.33 bits per heavy atom. The predicted octanol–water partition coefficient (Wildman–Crippen LogP) is 3.11. The highest BCUT2D eigenvalue weighted by molar-refractivity contribution is 7.10. The highest BCUT2D eigenvalue weighted by Crippen LogP contribution is 2.18. The Morgan fingerprint density at radius 3 is 2.95 bits per heavy atom. The van der Waals surface area contributed by atoms with Gasteiger partial charge in [0.15, 0.2) is 0 Å². The van der Waals surface area contributed by atoms with Crippen LogP contribution in [0.2, 0.25) is 0 Å². The number of hydrogen-bond donors (Lipinski definition) is 1. The summed E-state index contributed by atoms with van der Waals surface area (Å²) in [4.78, 5) is 12.6. The third kappa shape index (κ3) is 4.89. The van der Waals surface area contributed by atoms with E-state index in [9.17, 15) is 4.79 Å². The van der Waals surface area contributed by atoms with Gasteiger partial charge in [-0.05, 0) is 29.7 Å². The van der Waals surface area contributed by atoms with E-state index in [1.54, 1.807) is 30.7 Å². The van der Waals surface area contributed by atoms with Crippen molar-refractivity contribution >= 4 is 29.5 Å². The van der Waals surface area contributed by atoms with Crippen LogP contribution in [-0.4, -0.2) is 19.2 Å². The molecule has 0 unspecified atom stereocenters. The third-order valence-corrected chi connectivity index (χ3v) is 3.56. The Labute approximate surface area is 127 Å². The summed E-state index contributed by atoms with van der Waals surface area (Å²) in [6, 6.07) is 11.5. The second-order valence-electron chi connectivity index (χ2n) is 4.17. The number of carbonyl (C=O) groups is 1. The highest BCUT2D eigenvalue weighted by Gasteiger charge is 2.01. The van der Waals surface area contributed by atoms with Gasteiger partial charge in [0, 0.05) is 16.7 Å². The number of hydrogen-bond acceptors (Lipinski definition) is 4. The molecule has 0 aliphatic rings. The Kier molecular flexibility index (Phi) is 5.72. The molecule has 0 bridgehead atoms. The zero-order valence-electron chi connectivity index (χ0n) is 11.7. The van der Waals surface area contributed by atoms with Gasteiger partial charge in [-0.15, -0.1) is 11.3 Å². The number of hydrazone groups is 1. The molecule has 0 saturated carbocycles. The van der Waals surface area contributed by atoms with E-state index in [0.717, 1.165) is 16.2 Å². The van der Waals surface area contributed by atoms with Crippen LogP contribution >= 0.6 is 11.3 Å². The first-order chi connectivity index (χ1) is 10.3. The lowest BCUT2D eigenvalue weighted by atomic mass is 10.2. The molecule has 0 aliphatic heterocycles. The number of allylic oxidation sites excluding steroid dienone is 1. The highest BCUT2D eigenvalue weighted by atomic mass is 32.1. The monoisotopic (exact) mass is 300 g/mol. The van der Waals surface area contributed by atoms with Gasteiger partial charge in [0.25, 0.3) is 0 Å². The maximum atomic E-state index is 11.6. The molecule has 108 valence electrons. The van der Waals surface area contributed by atoms with Crippen LogP contribution in [0.15, 0.2) is 53.0 Å². The summed E-state index contributed by atoms with van der Waals surface area (Å²) in [5, 5.41) is 5.82. The van der Waals surface area contributed by atoms with Crippen molar-refractivity contribution in [3.05, 3.63) is 58.3 Å². The summed E-state index contributed by atoms with van der Waals surface area (Å²) in [5.74, 6) is 0.670. The molecule has 0 fully saturated rings. The number of amides is 1. The number of thiophene rings is 1. The summed E-state index contributed by atoms with van der Waals surface area (Å²) in [6.07, 6.45) is 5.51. The Hall–Kier alpha value is -2.40. The van der Waals surface area contributed by atoms with E-state index in [1.807, 2.05) is 47.9 Å². The first-order valence-electron chi connectivity index (χ1n) is 6.43. The van der Waals surface area contributed by atoms with Gasteiger partial charge in [-0.3, -0.25) is 4.79 Å². The van der Waals surface area contributed by atoms with Crippen LogP contribution in [0.25, 0.3) is 6.08 Å². The average Bonchev–Trinajstić information content (AvgIpc) is 3.00. The van der Waals surface area contributed by atoms with Crippen molar-refractivity contribution in [3.63, 3.8) is 0 Å². The number of rotatable bonds is 6. The summed E-state index contributed by atoms with van der Waals surface area (Å²) in [7, 11) is 1.63. The SMILES string of the molecule is COc1ccccc1/C=C/C=N\NC(=O)Cc1cccs1. The Bertz CT molecular complexity index is 633. The summed E-state index contributed by atoms with van der Waals surface area (Å²) in [6.45, 7) is 0. The zero-order valence-corrected chi connectivity index (χ0v) is 12.5. The van der Waals surface area contributed by atoms with Gasteiger partial charge in [-0.2, -0.15) is 5.10 Å². The van der Waals surface area contributed by atoms with Crippen molar-refractivity contribution in [2.24, 2.45) is 5.10 Å². The van der Waals surface area contributed by atoms with Gasteiger partial charge >= 0.3 is 0 Å². The van der Waals surface area contributed by atoms with Gasteiger partial charge < -0.3 is 4.74 Å². The van der Waals surface area contributed by atoms with Gasteiger partial charge in [0.05, 0.1) is 13.5 Å². The lowest BCUT2D eigenvalue weighted by Crippen LogP contribution is -2.18. The van der Waals surface area contributed by atoms with E-state index < -0.39 is 0 Å². The van der Waals surface area contributed by atoms with Gasteiger partial charge in [0.1, 0.15) is 5.75 Å². The van der Waals surface area contributed by atoms with E-state index in [2.05, 4.69) is 10.5 Å². The standard InChI is InChI=1S/C16H16N2O2S/c1-20-15-9-3-2-6-13(15)7-4-10-17-18-16(19)12-14-8-5-11-21-14/h2-11H,12H2,1H3,(H,18,19)/b7-4+,17-10-. The number of nitrogens with zero attached hydrogens (tertiary/aromatic N) is 1. The van der Waals surface area contributed by atoms with E-state index in [4.69, 9.17) is 4.74 Å². The number of carbonyl (C=O) groups excluding carboxylic acids is 1. The van der Waals surface area contributed by atoms with Crippen molar-refractivity contribution in [1.82, 2.24) is 5.43 Å². The molecule has 1 aromatic carbocycles. The molecular weight excluding hydrogens is 284 g/mol. The van der Waals surface area contributed by atoms with Crippen LogP contribution in [0.3, 0.4) is 0 Å². The quantitative estimate of drug-likeness (QED) is 0.658. The fourth-order valence-corrected chi connectivity index (χ4v) is 2.42. The smallest absolute Gasteiger partial charge is 0.245 e. The molecule has 1 N–H and O–H groups in total. The number of ether oxygens (including phenoxy) is 1. The molecule has 21 heavy (non-hydrogen) atoms. The molecule has 0 spiro atoms. The average molecular weight is 300 g/mol. The molecule has 0 radical (unpaired) electrons. The van der Waals surface area contributed by atoms with Crippen LogP contribution in [0.4, 0.5) is 0 Å². The maximum Gasteiger partial charge on any atom is 0.245 e. The summed E-state index contributed by atoms with van der Waals surface area (Å²) < 4.78 is 5.23. The zero-order chi connectivity index (χ0) is 14.9. The number of methoxy groups -OCH3 is 1. The minimum atomic E-state index is -0.126. The van der Waals surface area contributed by atoms with Crippen LogP contribution in [0.1, 0.15) is 10.4 Å². The van der Waals surface area contributed by atoms with Crippen molar-refractivity contribution in [2.75, 3.05) is 7.11 Å². The molecule has 2 rings (SSSR count). The van der Waals surface area contributed by atoms with Gasteiger partial charge in [-0.1, -0.05) is 24.3 Å². The van der Waals surface area contributed by atoms with Gasteiger partial charge in [0.2, 0.25) is 5.91 Å². The Morgan fingerprint density at radius 2 is 2.19 bits per heavy atom. The second kappa shape index (κ2) is 8.01.